The molecule has 1 N–H and O–H groups in total. The van der Waals surface area contributed by atoms with Gasteiger partial charge in [0.1, 0.15) is 0 Å². The van der Waals surface area contributed by atoms with E-state index >= 15 is 0 Å². The number of carbonyl (C=O) groups excluding carboxylic acids is 1. The van der Waals surface area contributed by atoms with Gasteiger partial charge in [0.25, 0.3) is 0 Å². The molecule has 8 heteroatoms. The standard InChI is InChI=1S/C19H23F3N4O/c20-19(21,22)16-4-1-3-15(13-16)14-25-10-5-17(6-11-25)24-18(27)7-12-26-9-2-8-23-26/h1-4,8-9,13,17H,5-7,10-12,14H2,(H,24,27). The second-order valence-electron chi connectivity index (χ2n) is 6.84. The van der Waals surface area contributed by atoms with Crippen LogP contribution in [0.5, 0.6) is 0 Å². The lowest BCUT2D eigenvalue weighted by Crippen LogP contribution is -2.44. The van der Waals surface area contributed by atoms with Crippen LogP contribution in [0.25, 0.3) is 0 Å². The number of benzene rings is 1. The van der Waals surface area contributed by atoms with Crippen molar-refractivity contribution in [1.82, 2.24) is 20.0 Å². The van der Waals surface area contributed by atoms with Crippen LogP contribution in [-0.4, -0.2) is 39.7 Å². The zero-order valence-corrected chi connectivity index (χ0v) is 15.0. The van der Waals surface area contributed by atoms with Crippen molar-refractivity contribution in [3.63, 3.8) is 0 Å². The molecule has 0 bridgehead atoms. The lowest BCUT2D eigenvalue weighted by atomic mass is 10.0. The molecular weight excluding hydrogens is 357 g/mol. The van der Waals surface area contributed by atoms with E-state index in [1.54, 1.807) is 16.9 Å². The second-order valence-corrected chi connectivity index (χ2v) is 6.84. The SMILES string of the molecule is O=C(CCn1cccn1)NC1CCN(Cc2cccc(C(F)(F)F)c2)CC1. The molecule has 1 amide bonds. The van der Waals surface area contributed by atoms with Gasteiger partial charge in [0, 0.05) is 51.0 Å². The van der Waals surface area contributed by atoms with Crippen LogP contribution in [-0.2, 0) is 24.1 Å². The molecule has 0 aliphatic carbocycles. The number of hydrogen-bond acceptors (Lipinski definition) is 3. The van der Waals surface area contributed by atoms with Gasteiger partial charge in [-0.25, -0.2) is 0 Å². The Morgan fingerprint density at radius 2 is 2.00 bits per heavy atom. The van der Waals surface area contributed by atoms with Gasteiger partial charge < -0.3 is 5.32 Å². The average molecular weight is 380 g/mol. The van der Waals surface area contributed by atoms with Crippen LogP contribution < -0.4 is 5.32 Å². The molecule has 1 fully saturated rings. The highest BCUT2D eigenvalue weighted by Gasteiger charge is 2.30. The van der Waals surface area contributed by atoms with E-state index < -0.39 is 11.7 Å². The number of piperidine rings is 1. The number of likely N-dealkylation sites (tertiary alicyclic amines) is 1. The van der Waals surface area contributed by atoms with E-state index in [2.05, 4.69) is 15.3 Å². The number of hydrogen-bond donors (Lipinski definition) is 1. The molecule has 1 aliphatic rings. The molecule has 27 heavy (non-hydrogen) atoms. The Labute approximate surface area is 156 Å². The third-order valence-electron chi connectivity index (χ3n) is 4.74. The number of alkyl halides is 3. The zero-order chi connectivity index (χ0) is 19.3. The first-order valence-electron chi connectivity index (χ1n) is 9.05. The monoisotopic (exact) mass is 380 g/mol. The van der Waals surface area contributed by atoms with Gasteiger partial charge in [-0.1, -0.05) is 18.2 Å². The third kappa shape index (κ3) is 5.82. The highest BCUT2D eigenvalue weighted by Crippen LogP contribution is 2.30. The summed E-state index contributed by atoms with van der Waals surface area (Å²) in [5.74, 6) is 0.00169. The number of amides is 1. The Morgan fingerprint density at radius 1 is 1.22 bits per heavy atom. The van der Waals surface area contributed by atoms with Crippen LogP contribution in [0.15, 0.2) is 42.7 Å². The second kappa shape index (κ2) is 8.56. The molecule has 0 saturated carbocycles. The fraction of sp³-hybridized carbons (Fsp3) is 0.474. The molecule has 1 aromatic carbocycles. The summed E-state index contributed by atoms with van der Waals surface area (Å²) in [4.78, 5) is 14.2. The van der Waals surface area contributed by atoms with Gasteiger partial charge in [0.15, 0.2) is 0 Å². The molecule has 5 nitrogen and oxygen atoms in total. The summed E-state index contributed by atoms with van der Waals surface area (Å²) in [5, 5.41) is 7.10. The molecule has 146 valence electrons. The van der Waals surface area contributed by atoms with Crippen molar-refractivity contribution in [1.29, 1.82) is 0 Å². The molecule has 0 spiro atoms. The minimum Gasteiger partial charge on any atom is -0.353 e. The van der Waals surface area contributed by atoms with Gasteiger partial charge in [-0.05, 0) is 30.5 Å². The van der Waals surface area contributed by atoms with E-state index in [1.165, 1.54) is 12.1 Å². The summed E-state index contributed by atoms with van der Waals surface area (Å²) in [6.45, 7) is 2.54. The average Bonchev–Trinajstić information content (AvgIpc) is 3.15. The van der Waals surface area contributed by atoms with Crippen molar-refractivity contribution in [2.24, 2.45) is 0 Å². The maximum atomic E-state index is 12.8. The summed E-state index contributed by atoms with van der Waals surface area (Å²) in [7, 11) is 0. The summed E-state index contributed by atoms with van der Waals surface area (Å²) in [6.07, 6.45) is 1.16. The number of aromatic nitrogens is 2. The summed E-state index contributed by atoms with van der Waals surface area (Å²) < 4.78 is 40.2. The predicted molar refractivity (Wildman–Crippen MR) is 94.7 cm³/mol. The number of rotatable bonds is 6. The minimum absolute atomic E-state index is 0.00169. The Hall–Kier alpha value is -2.35. The number of aryl methyl sites for hydroxylation is 1. The normalized spacial score (nSPS) is 16.4. The highest BCUT2D eigenvalue weighted by atomic mass is 19.4. The molecule has 2 aromatic rings. The summed E-state index contributed by atoms with van der Waals surface area (Å²) in [6, 6.07) is 7.41. The smallest absolute Gasteiger partial charge is 0.353 e. The molecule has 0 atom stereocenters. The first kappa shape index (κ1) is 19.4. The molecule has 0 radical (unpaired) electrons. The van der Waals surface area contributed by atoms with Crippen LogP contribution in [0.2, 0.25) is 0 Å². The molecule has 2 heterocycles. The Morgan fingerprint density at radius 3 is 2.67 bits per heavy atom. The van der Waals surface area contributed by atoms with Crippen LogP contribution in [0, 0.1) is 0 Å². The fourth-order valence-electron chi connectivity index (χ4n) is 3.29. The Kier molecular flexibility index (Phi) is 6.15. The van der Waals surface area contributed by atoms with E-state index in [1.807, 2.05) is 12.3 Å². The minimum atomic E-state index is -4.32. The number of nitrogens with one attached hydrogen (secondary N) is 1. The molecule has 1 aromatic heterocycles. The maximum absolute atomic E-state index is 12.8. The maximum Gasteiger partial charge on any atom is 0.416 e. The van der Waals surface area contributed by atoms with Crippen molar-refractivity contribution in [3.8, 4) is 0 Å². The first-order chi connectivity index (χ1) is 12.9. The largest absolute Gasteiger partial charge is 0.416 e. The summed E-state index contributed by atoms with van der Waals surface area (Å²) in [5.41, 5.74) is 0.0471. The lowest BCUT2D eigenvalue weighted by Gasteiger charge is -2.32. The third-order valence-corrected chi connectivity index (χ3v) is 4.74. The van der Waals surface area contributed by atoms with Crippen molar-refractivity contribution in [2.75, 3.05) is 13.1 Å². The quantitative estimate of drug-likeness (QED) is 0.838. The van der Waals surface area contributed by atoms with Crippen LogP contribution in [0.4, 0.5) is 13.2 Å². The van der Waals surface area contributed by atoms with E-state index in [9.17, 15) is 18.0 Å². The zero-order valence-electron chi connectivity index (χ0n) is 15.0. The number of carbonyl (C=O) groups is 1. The van der Waals surface area contributed by atoms with E-state index in [0.717, 1.165) is 32.0 Å². The van der Waals surface area contributed by atoms with Gasteiger partial charge in [-0.15, -0.1) is 0 Å². The highest BCUT2D eigenvalue weighted by molar-refractivity contribution is 5.76. The van der Waals surface area contributed by atoms with Crippen LogP contribution in [0.1, 0.15) is 30.4 Å². The van der Waals surface area contributed by atoms with Gasteiger partial charge in [0.2, 0.25) is 5.91 Å². The molecular formula is C19H23F3N4O. The van der Waals surface area contributed by atoms with Gasteiger partial charge >= 0.3 is 6.18 Å². The van der Waals surface area contributed by atoms with Gasteiger partial charge in [0.05, 0.1) is 5.56 Å². The van der Waals surface area contributed by atoms with E-state index in [0.29, 0.717) is 25.1 Å². The van der Waals surface area contributed by atoms with Crippen molar-refractivity contribution in [2.45, 2.75) is 44.6 Å². The molecule has 3 rings (SSSR count). The summed E-state index contributed by atoms with van der Waals surface area (Å²) >= 11 is 0. The molecule has 1 aliphatic heterocycles. The fourth-order valence-corrected chi connectivity index (χ4v) is 3.29. The molecule has 0 unspecified atom stereocenters. The molecule has 1 saturated heterocycles. The topological polar surface area (TPSA) is 50.2 Å². The lowest BCUT2D eigenvalue weighted by molar-refractivity contribution is -0.137. The van der Waals surface area contributed by atoms with Crippen molar-refractivity contribution >= 4 is 5.91 Å². The Balaban J connectivity index is 1.42. The van der Waals surface area contributed by atoms with Crippen molar-refractivity contribution in [3.05, 3.63) is 53.9 Å². The van der Waals surface area contributed by atoms with Crippen LogP contribution in [0.3, 0.4) is 0 Å². The van der Waals surface area contributed by atoms with Gasteiger partial charge in [-0.2, -0.15) is 18.3 Å². The number of nitrogens with zero attached hydrogens (tertiary/aromatic N) is 3. The van der Waals surface area contributed by atoms with E-state index in [-0.39, 0.29) is 11.9 Å². The van der Waals surface area contributed by atoms with E-state index in [4.69, 9.17) is 0 Å². The first-order valence-corrected chi connectivity index (χ1v) is 9.05. The van der Waals surface area contributed by atoms with Crippen LogP contribution >= 0.6 is 0 Å². The Bertz CT molecular complexity index is 738. The predicted octanol–water partition coefficient (Wildman–Crippen LogP) is 3.07. The van der Waals surface area contributed by atoms with Crippen molar-refractivity contribution < 1.29 is 18.0 Å². The number of halogens is 3. The van der Waals surface area contributed by atoms with Gasteiger partial charge in [-0.3, -0.25) is 14.4 Å².